The monoisotopic (exact) mass is 272 g/mol. The summed E-state index contributed by atoms with van der Waals surface area (Å²) in [5.41, 5.74) is 1.31. The van der Waals surface area contributed by atoms with Crippen LogP contribution in [0.25, 0.3) is 0 Å². The predicted molar refractivity (Wildman–Crippen MR) is 73.1 cm³/mol. The molecule has 0 fully saturated rings. The quantitative estimate of drug-likeness (QED) is 0.583. The summed E-state index contributed by atoms with van der Waals surface area (Å²) >= 11 is 3.39. The third kappa shape index (κ3) is 8.25. The molecule has 0 aliphatic rings. The Morgan fingerprint density at radius 1 is 1.27 bits per heavy atom. The first-order valence-electron chi connectivity index (χ1n) is 5.05. The van der Waals surface area contributed by atoms with Gasteiger partial charge in [0, 0.05) is 5.33 Å². The fourth-order valence-electron chi connectivity index (χ4n) is 0.937. The van der Waals surface area contributed by atoms with Gasteiger partial charge >= 0.3 is 0 Å². The maximum Gasteiger partial charge on any atom is 0.119 e. The average molecular weight is 273 g/mol. The van der Waals surface area contributed by atoms with E-state index >= 15 is 0 Å². The van der Waals surface area contributed by atoms with Crippen molar-refractivity contribution >= 4 is 15.9 Å². The molecule has 1 aromatic carbocycles. The molecule has 0 saturated heterocycles. The summed E-state index contributed by atoms with van der Waals surface area (Å²) in [6, 6.07) is 8.12. The molecule has 0 amide bonds. The summed E-state index contributed by atoms with van der Waals surface area (Å²) in [7, 11) is 1.69. The van der Waals surface area contributed by atoms with Crippen LogP contribution in [0.5, 0.6) is 5.75 Å². The minimum atomic E-state index is 0.934. The predicted octanol–water partition coefficient (Wildman–Crippen LogP) is 4.46. The van der Waals surface area contributed by atoms with E-state index in [1.165, 1.54) is 5.56 Å². The van der Waals surface area contributed by atoms with E-state index in [-0.39, 0.29) is 0 Å². The van der Waals surface area contributed by atoms with E-state index in [4.69, 9.17) is 4.74 Å². The highest BCUT2D eigenvalue weighted by molar-refractivity contribution is 9.09. The zero-order chi connectivity index (χ0) is 12.1. The molecule has 0 unspecified atom stereocenters. The van der Waals surface area contributed by atoms with Crippen LogP contribution in [0.2, 0.25) is 0 Å². The lowest BCUT2D eigenvalue weighted by molar-refractivity contribution is 0.414. The Hall–Kier alpha value is -0.760. The molecule has 2 heteroatoms. The normalized spacial score (nSPS) is 7.73. The number of hydrogen-bond acceptors (Lipinski definition) is 1. The van der Waals surface area contributed by atoms with Gasteiger partial charge in [0.1, 0.15) is 5.75 Å². The summed E-state index contributed by atoms with van der Waals surface area (Å²) in [5.74, 6) is 0.934. The lowest BCUT2D eigenvalue weighted by Gasteiger charge is -2.01. The van der Waals surface area contributed by atoms with Gasteiger partial charge in [0.25, 0.3) is 0 Å². The molecule has 0 heterocycles. The summed E-state index contributed by atoms with van der Waals surface area (Å²) in [4.78, 5) is 0. The van der Waals surface area contributed by atoms with Crippen LogP contribution in [0.4, 0.5) is 0 Å². The molecule has 0 aromatic heterocycles. The van der Waals surface area contributed by atoms with Crippen molar-refractivity contribution in [3.63, 3.8) is 0 Å². The van der Waals surface area contributed by atoms with E-state index < -0.39 is 0 Å². The number of ether oxygens (including phenoxy) is 1. The molecule has 0 aliphatic heterocycles. The number of halogens is 1. The van der Waals surface area contributed by atoms with Crippen LogP contribution in [0.3, 0.4) is 0 Å². The Labute approximate surface area is 102 Å². The van der Waals surface area contributed by atoms with Gasteiger partial charge in [-0.15, -0.1) is 13.2 Å². The molecule has 0 N–H and O–H groups in total. The largest absolute Gasteiger partial charge is 0.497 e. The average Bonchev–Trinajstić information content (AvgIpc) is 2.35. The van der Waals surface area contributed by atoms with Crippen LogP contribution in [-0.4, -0.2) is 12.4 Å². The van der Waals surface area contributed by atoms with Crippen LogP contribution in [0.15, 0.2) is 37.4 Å². The number of methoxy groups -OCH3 is 1. The third-order valence-corrected chi connectivity index (χ3v) is 1.91. The van der Waals surface area contributed by atoms with E-state index in [1.807, 2.05) is 26.0 Å². The van der Waals surface area contributed by atoms with Gasteiger partial charge < -0.3 is 4.74 Å². The summed E-state index contributed by atoms with van der Waals surface area (Å²) in [6.45, 7) is 10.0. The van der Waals surface area contributed by atoms with Gasteiger partial charge in [-0.25, -0.2) is 0 Å². The molecular formula is C13H21BrO. The first-order valence-corrected chi connectivity index (χ1v) is 6.18. The lowest BCUT2D eigenvalue weighted by Crippen LogP contribution is -1.87. The second kappa shape index (κ2) is 13.2. The maximum atomic E-state index is 5.09. The van der Waals surface area contributed by atoms with E-state index in [9.17, 15) is 0 Å². The summed E-state index contributed by atoms with van der Waals surface area (Å²) in [6.07, 6.45) is 1.05. The second-order valence-electron chi connectivity index (χ2n) is 2.29. The van der Waals surface area contributed by atoms with Crippen molar-refractivity contribution < 1.29 is 4.74 Å². The topological polar surface area (TPSA) is 9.23 Å². The molecule has 0 aliphatic carbocycles. The molecule has 15 heavy (non-hydrogen) atoms. The molecule has 86 valence electrons. The molecule has 1 nitrogen and oxygen atoms in total. The van der Waals surface area contributed by atoms with E-state index in [1.54, 1.807) is 7.11 Å². The van der Waals surface area contributed by atoms with Gasteiger partial charge in [0.2, 0.25) is 0 Å². The zero-order valence-corrected chi connectivity index (χ0v) is 11.5. The molecule has 0 bridgehead atoms. The zero-order valence-electron chi connectivity index (χ0n) is 9.92. The fourth-order valence-corrected chi connectivity index (χ4v) is 1.39. The van der Waals surface area contributed by atoms with E-state index in [0.717, 1.165) is 17.5 Å². The van der Waals surface area contributed by atoms with Crippen molar-refractivity contribution in [2.24, 2.45) is 0 Å². The van der Waals surface area contributed by atoms with Crippen LogP contribution in [0.1, 0.15) is 19.4 Å². The van der Waals surface area contributed by atoms with Crippen LogP contribution in [0, 0.1) is 0 Å². The molecule has 1 aromatic rings. The molecule has 0 saturated carbocycles. The Bertz CT molecular complexity index is 236. The van der Waals surface area contributed by atoms with Gasteiger partial charge in [-0.3, -0.25) is 0 Å². The van der Waals surface area contributed by atoms with Crippen molar-refractivity contribution in [3.8, 4) is 5.75 Å². The van der Waals surface area contributed by atoms with Crippen LogP contribution >= 0.6 is 15.9 Å². The summed E-state index contributed by atoms with van der Waals surface area (Å²) < 4.78 is 5.09. The first kappa shape index (κ1) is 16.7. The van der Waals surface area contributed by atoms with Gasteiger partial charge in [-0.2, -0.15) is 0 Å². The highest BCUT2D eigenvalue weighted by Gasteiger charge is 1.93. The minimum absolute atomic E-state index is 0.934. The molecule has 1 rings (SSSR count). The number of alkyl halides is 1. The minimum Gasteiger partial charge on any atom is -0.497 e. The summed E-state index contributed by atoms with van der Waals surface area (Å²) in [5, 5.41) is 1.00. The van der Waals surface area contributed by atoms with Gasteiger partial charge in [0.15, 0.2) is 0 Å². The van der Waals surface area contributed by atoms with Crippen molar-refractivity contribution in [2.75, 3.05) is 12.4 Å². The number of hydrogen-bond donors (Lipinski definition) is 0. The first-order chi connectivity index (χ1) is 7.36. The lowest BCUT2D eigenvalue weighted by atomic mass is 10.2. The molecule has 0 radical (unpaired) electrons. The Kier molecular flexibility index (Phi) is 14.7. The standard InChI is InChI=1S/C9H11BrO.C2H6.C2H4/c1-11-9-4-2-3-8(7-9)5-6-10;2*1-2/h2-4,7H,5-6H2,1H3;1-2H3;1-2H2. The Balaban J connectivity index is 0. The highest BCUT2D eigenvalue weighted by atomic mass is 79.9. The second-order valence-corrected chi connectivity index (χ2v) is 3.08. The molecule has 0 spiro atoms. The van der Waals surface area contributed by atoms with Crippen molar-refractivity contribution in [1.82, 2.24) is 0 Å². The Morgan fingerprint density at radius 3 is 2.33 bits per heavy atom. The van der Waals surface area contributed by atoms with Crippen molar-refractivity contribution in [3.05, 3.63) is 43.0 Å². The van der Waals surface area contributed by atoms with Crippen molar-refractivity contribution in [1.29, 1.82) is 0 Å². The Morgan fingerprint density at radius 2 is 1.87 bits per heavy atom. The molecule has 0 atom stereocenters. The van der Waals surface area contributed by atoms with Crippen LogP contribution in [-0.2, 0) is 6.42 Å². The smallest absolute Gasteiger partial charge is 0.119 e. The highest BCUT2D eigenvalue weighted by Crippen LogP contribution is 2.13. The van der Waals surface area contributed by atoms with E-state index in [2.05, 4.69) is 41.2 Å². The number of benzene rings is 1. The number of rotatable bonds is 3. The van der Waals surface area contributed by atoms with Gasteiger partial charge in [0.05, 0.1) is 7.11 Å². The van der Waals surface area contributed by atoms with E-state index in [0.29, 0.717) is 0 Å². The molecular weight excluding hydrogens is 252 g/mol. The third-order valence-electron chi connectivity index (χ3n) is 1.52. The van der Waals surface area contributed by atoms with Crippen LogP contribution < -0.4 is 4.74 Å². The fraction of sp³-hybridized carbons (Fsp3) is 0.385. The van der Waals surface area contributed by atoms with Gasteiger partial charge in [-0.1, -0.05) is 41.9 Å². The van der Waals surface area contributed by atoms with Crippen molar-refractivity contribution in [2.45, 2.75) is 20.3 Å². The number of aryl methyl sites for hydroxylation is 1. The SMILES string of the molecule is C=C.CC.COc1cccc(CCBr)c1. The maximum absolute atomic E-state index is 5.09. The van der Waals surface area contributed by atoms with Gasteiger partial charge in [-0.05, 0) is 24.1 Å².